The van der Waals surface area contributed by atoms with Crippen molar-refractivity contribution in [3.05, 3.63) is 75.8 Å². The minimum atomic E-state index is -0.752. The lowest BCUT2D eigenvalue weighted by atomic mass is 10.2. The second-order valence-corrected chi connectivity index (χ2v) is 6.95. The molecule has 0 aliphatic carbocycles. The van der Waals surface area contributed by atoms with Gasteiger partial charge in [-0.2, -0.15) is 9.99 Å². The minimum Gasteiger partial charge on any atom is -0.485 e. The summed E-state index contributed by atoms with van der Waals surface area (Å²) in [6.07, 6.45) is 1.42. The third-order valence-corrected chi connectivity index (χ3v) is 4.68. The van der Waals surface area contributed by atoms with Crippen LogP contribution in [0.1, 0.15) is 11.3 Å². The number of aromatic nitrogens is 3. The summed E-state index contributed by atoms with van der Waals surface area (Å²) in [4.78, 5) is 0. The molecule has 0 spiro atoms. The summed E-state index contributed by atoms with van der Waals surface area (Å²) in [5.41, 5.74) is 1.31. The number of hydrogen-bond acceptors (Lipinski definition) is 6. The summed E-state index contributed by atoms with van der Waals surface area (Å²) in [5, 5.41) is 26.7. The van der Waals surface area contributed by atoms with Gasteiger partial charge in [0, 0.05) is 28.9 Å². The molecule has 2 heterocycles. The first-order valence-corrected chi connectivity index (χ1v) is 9.22. The molecular formula is C20H11Cl2FN4O3. The summed E-state index contributed by atoms with van der Waals surface area (Å²) in [6.45, 7) is -0.0706. The molecule has 30 heavy (non-hydrogen) atoms. The van der Waals surface area contributed by atoms with Gasteiger partial charge in [-0.25, -0.2) is 4.39 Å². The Morgan fingerprint density at radius 3 is 2.73 bits per heavy atom. The van der Waals surface area contributed by atoms with E-state index in [0.717, 1.165) is 10.8 Å². The van der Waals surface area contributed by atoms with E-state index in [1.54, 1.807) is 12.1 Å². The van der Waals surface area contributed by atoms with Gasteiger partial charge >= 0.3 is 0 Å². The highest BCUT2D eigenvalue weighted by Crippen LogP contribution is 2.36. The van der Waals surface area contributed by atoms with Crippen LogP contribution in [-0.4, -0.2) is 20.1 Å². The molecule has 1 N–H and O–H groups in total. The lowest BCUT2D eigenvalue weighted by Crippen LogP contribution is -2.01. The first-order valence-electron chi connectivity index (χ1n) is 8.47. The number of hydrogen-bond donors (Lipinski definition) is 1. The van der Waals surface area contributed by atoms with Gasteiger partial charge in [-0.15, -0.1) is 10.2 Å². The molecule has 2 aliphatic heterocycles. The average Bonchev–Trinajstić information content (AvgIpc) is 3.13. The monoisotopic (exact) mass is 444 g/mol. The zero-order chi connectivity index (χ0) is 21.3. The van der Waals surface area contributed by atoms with Crippen LogP contribution in [0.15, 0.2) is 48.7 Å². The molecule has 150 valence electrons. The number of fused-ring (bicyclic) bond motifs is 1. The van der Waals surface area contributed by atoms with Gasteiger partial charge in [-0.05, 0) is 30.3 Å². The molecule has 0 atom stereocenters. The maximum Gasteiger partial charge on any atom is 0.199 e. The van der Waals surface area contributed by atoms with Crippen molar-refractivity contribution in [1.82, 2.24) is 14.9 Å². The number of rotatable bonds is 5. The van der Waals surface area contributed by atoms with Crippen LogP contribution in [0.25, 0.3) is 11.4 Å². The van der Waals surface area contributed by atoms with Gasteiger partial charge in [0.25, 0.3) is 0 Å². The van der Waals surface area contributed by atoms with Crippen LogP contribution in [0.5, 0.6) is 17.2 Å². The van der Waals surface area contributed by atoms with Gasteiger partial charge in [-0.1, -0.05) is 23.2 Å². The highest BCUT2D eigenvalue weighted by atomic mass is 35.5. The van der Waals surface area contributed by atoms with Crippen molar-refractivity contribution >= 4 is 23.2 Å². The van der Waals surface area contributed by atoms with Gasteiger partial charge in [-0.3, -0.25) is 0 Å². The molecule has 0 radical (unpaired) electrons. The number of halogens is 3. The molecule has 0 unspecified atom stereocenters. The van der Waals surface area contributed by atoms with Crippen molar-refractivity contribution in [3.8, 4) is 34.7 Å². The summed E-state index contributed by atoms with van der Waals surface area (Å²) >= 11 is 12.0. The topological polar surface area (TPSA) is 93.2 Å². The maximum absolute atomic E-state index is 14.3. The highest BCUT2D eigenvalue weighted by Gasteiger charge is 2.18. The van der Waals surface area contributed by atoms with Gasteiger partial charge in [0.05, 0.1) is 11.6 Å². The summed E-state index contributed by atoms with van der Waals surface area (Å²) < 4.78 is 26.4. The SMILES string of the molecule is N#Cc1cc(Cl)cc(Oc2cc(F)c(Cl)c(OCc3nnc4n(O)cccc3-4)c2)c1. The lowest BCUT2D eigenvalue weighted by Gasteiger charge is -2.12. The van der Waals surface area contributed by atoms with E-state index in [-0.39, 0.29) is 34.7 Å². The van der Waals surface area contributed by atoms with Gasteiger partial charge < -0.3 is 14.7 Å². The predicted molar refractivity (Wildman–Crippen MR) is 106 cm³/mol. The Bertz CT molecular complexity index is 1260. The predicted octanol–water partition coefficient (Wildman–Crippen LogP) is 5.31. The number of benzene rings is 2. The van der Waals surface area contributed by atoms with Crippen LogP contribution in [0, 0.1) is 17.1 Å². The van der Waals surface area contributed by atoms with Crippen LogP contribution >= 0.6 is 23.2 Å². The number of pyridine rings is 1. The molecule has 2 aliphatic rings. The molecule has 0 saturated carbocycles. The van der Waals surface area contributed by atoms with Crippen LogP contribution in [0.2, 0.25) is 10.0 Å². The summed E-state index contributed by atoms with van der Waals surface area (Å²) in [7, 11) is 0. The van der Waals surface area contributed by atoms with Gasteiger partial charge in [0.2, 0.25) is 0 Å². The van der Waals surface area contributed by atoms with Crippen LogP contribution < -0.4 is 9.47 Å². The van der Waals surface area contributed by atoms with E-state index >= 15 is 0 Å². The largest absolute Gasteiger partial charge is 0.485 e. The zero-order valence-corrected chi connectivity index (χ0v) is 16.5. The Hall–Kier alpha value is -3.54. The number of ether oxygens (including phenoxy) is 2. The van der Waals surface area contributed by atoms with Crippen LogP contribution in [-0.2, 0) is 6.61 Å². The van der Waals surface area contributed by atoms with E-state index in [9.17, 15) is 9.60 Å². The smallest absolute Gasteiger partial charge is 0.199 e. The van der Waals surface area contributed by atoms with E-state index in [4.69, 9.17) is 37.9 Å². The molecular weight excluding hydrogens is 434 g/mol. The van der Waals surface area contributed by atoms with Crippen molar-refractivity contribution in [2.75, 3.05) is 0 Å². The van der Waals surface area contributed by atoms with Crippen LogP contribution in [0.4, 0.5) is 4.39 Å². The highest BCUT2D eigenvalue weighted by molar-refractivity contribution is 6.32. The molecule has 7 nitrogen and oxygen atoms in total. The third-order valence-electron chi connectivity index (χ3n) is 4.09. The third kappa shape index (κ3) is 3.94. The quantitative estimate of drug-likeness (QED) is 0.419. The van der Waals surface area contributed by atoms with Crippen molar-refractivity contribution in [2.45, 2.75) is 6.61 Å². The Morgan fingerprint density at radius 2 is 1.93 bits per heavy atom. The summed E-state index contributed by atoms with van der Waals surface area (Å²) in [6, 6.07) is 12.2. The zero-order valence-electron chi connectivity index (χ0n) is 15.0. The van der Waals surface area contributed by atoms with Gasteiger partial charge in [0.1, 0.15) is 40.4 Å². The second kappa shape index (κ2) is 8.06. The van der Waals surface area contributed by atoms with Crippen molar-refractivity contribution in [1.29, 1.82) is 5.26 Å². The second-order valence-electron chi connectivity index (χ2n) is 6.13. The van der Waals surface area contributed by atoms with E-state index in [0.29, 0.717) is 21.8 Å². The number of nitrogens with zero attached hydrogens (tertiary/aromatic N) is 4. The van der Waals surface area contributed by atoms with Crippen molar-refractivity contribution in [3.63, 3.8) is 0 Å². The molecule has 0 aromatic heterocycles. The minimum absolute atomic E-state index is 0.0261. The molecule has 10 heteroatoms. The number of nitriles is 1. The van der Waals surface area contributed by atoms with Crippen molar-refractivity contribution in [2.24, 2.45) is 0 Å². The molecule has 0 amide bonds. The Morgan fingerprint density at radius 1 is 1.13 bits per heavy atom. The fraction of sp³-hybridized carbons (Fsp3) is 0.0500. The molecule has 4 rings (SSSR count). The molecule has 2 aromatic carbocycles. The molecule has 0 saturated heterocycles. The van der Waals surface area contributed by atoms with E-state index in [1.165, 1.54) is 30.5 Å². The first-order chi connectivity index (χ1) is 14.4. The van der Waals surface area contributed by atoms with Crippen molar-refractivity contribution < 1.29 is 19.1 Å². The molecule has 2 aromatic rings. The van der Waals surface area contributed by atoms with E-state index in [1.807, 2.05) is 6.07 Å². The molecule has 0 bridgehead atoms. The molecule has 0 fully saturated rings. The Kier molecular flexibility index (Phi) is 5.31. The standard InChI is InChI=1S/C20H11Cl2FN4O3/c21-12-4-11(9-24)5-13(6-12)30-14-7-16(23)19(22)18(8-14)29-10-17-15-2-1-3-27(28)20(15)26-25-17/h1-8,28H,10H2. The maximum atomic E-state index is 14.3. The summed E-state index contributed by atoms with van der Waals surface area (Å²) in [5.74, 6) is -0.104. The lowest BCUT2D eigenvalue weighted by molar-refractivity contribution is 0.186. The Balaban J connectivity index is 1.58. The first kappa shape index (κ1) is 19.8. The Labute approximate surface area is 179 Å². The fourth-order valence-corrected chi connectivity index (χ4v) is 3.14. The van der Waals surface area contributed by atoms with Gasteiger partial charge in [0.15, 0.2) is 5.82 Å². The van der Waals surface area contributed by atoms with Crippen LogP contribution in [0.3, 0.4) is 0 Å². The normalized spacial score (nSPS) is 10.7. The average molecular weight is 445 g/mol. The fourth-order valence-electron chi connectivity index (χ4n) is 2.75. The van der Waals surface area contributed by atoms with E-state index < -0.39 is 5.82 Å². The van der Waals surface area contributed by atoms with E-state index in [2.05, 4.69) is 10.2 Å².